The lowest BCUT2D eigenvalue weighted by Crippen LogP contribution is -2.50. The maximum atomic E-state index is 13.6. The maximum absolute atomic E-state index is 13.6. The smallest absolute Gasteiger partial charge is 0.271 e. The number of aromatic nitrogens is 1. The number of aliphatic hydroxyl groups is 2. The van der Waals surface area contributed by atoms with Crippen LogP contribution in [0.25, 0.3) is 0 Å². The number of nitrogens with zero attached hydrogens (tertiary/aromatic N) is 2. The molecule has 0 aliphatic heterocycles. The molecule has 8 nitrogen and oxygen atoms in total. The Morgan fingerprint density at radius 2 is 1.88 bits per heavy atom. The third-order valence-electron chi connectivity index (χ3n) is 5.10. The molecule has 2 aromatic rings. The number of thiazole rings is 1. The Bertz CT molecular complexity index is 1030. The number of carbonyl (C=O) groups is 1. The molecule has 0 radical (unpaired) electrons. The molecule has 0 spiro atoms. The Morgan fingerprint density at radius 3 is 2.45 bits per heavy atom. The summed E-state index contributed by atoms with van der Waals surface area (Å²) in [6.45, 7) is 1.99. The number of halogens is 2. The van der Waals surface area contributed by atoms with Crippen molar-refractivity contribution in [2.24, 2.45) is 0 Å². The van der Waals surface area contributed by atoms with Gasteiger partial charge in [-0.05, 0) is 30.5 Å². The van der Waals surface area contributed by atoms with Gasteiger partial charge >= 0.3 is 0 Å². The van der Waals surface area contributed by atoms with Crippen LogP contribution in [0.5, 0.6) is 0 Å². The highest BCUT2D eigenvalue weighted by Gasteiger charge is 2.29. The second-order valence-electron chi connectivity index (χ2n) is 7.86. The molecule has 0 saturated heterocycles. The van der Waals surface area contributed by atoms with Gasteiger partial charge in [0.1, 0.15) is 23.4 Å². The van der Waals surface area contributed by atoms with Crippen LogP contribution < -0.4 is 9.62 Å². The predicted molar refractivity (Wildman–Crippen MR) is 125 cm³/mol. The van der Waals surface area contributed by atoms with Crippen LogP contribution in [0, 0.1) is 11.6 Å². The van der Waals surface area contributed by atoms with Crippen LogP contribution in [0.4, 0.5) is 13.9 Å². The normalized spacial score (nSPS) is 14.5. The van der Waals surface area contributed by atoms with E-state index in [0.29, 0.717) is 18.9 Å². The first kappa shape index (κ1) is 27.1. The first-order valence-corrected chi connectivity index (χ1v) is 13.2. The number of amides is 1. The average Bonchev–Trinajstić information content (AvgIpc) is 3.21. The zero-order valence-corrected chi connectivity index (χ0v) is 20.3. The minimum atomic E-state index is -3.57. The molecule has 1 amide bonds. The molecule has 3 atom stereocenters. The van der Waals surface area contributed by atoms with E-state index in [1.165, 1.54) is 12.4 Å². The lowest BCUT2D eigenvalue weighted by atomic mass is 9.94. The van der Waals surface area contributed by atoms with Gasteiger partial charge in [0.05, 0.1) is 18.4 Å². The summed E-state index contributed by atoms with van der Waals surface area (Å²) >= 11 is 0.940. The predicted octanol–water partition coefficient (Wildman–Crippen LogP) is 2.71. The van der Waals surface area contributed by atoms with Gasteiger partial charge in [-0.1, -0.05) is 26.2 Å². The Hall–Kier alpha value is -2.15. The van der Waals surface area contributed by atoms with Crippen molar-refractivity contribution in [2.75, 3.05) is 17.6 Å². The van der Waals surface area contributed by atoms with Gasteiger partial charge in [0.15, 0.2) is 5.13 Å². The summed E-state index contributed by atoms with van der Waals surface area (Å²) in [5.74, 6) is -2.33. The monoisotopic (exact) mass is 507 g/mol. The molecule has 3 unspecified atom stereocenters. The molecule has 0 saturated carbocycles. The summed E-state index contributed by atoms with van der Waals surface area (Å²) in [6, 6.07) is 1.80. The molecular formula is C21H31F2N3O5S2. The molecule has 0 aliphatic rings. The second kappa shape index (κ2) is 11.8. The number of hydrogen-bond donors (Lipinski definition) is 3. The van der Waals surface area contributed by atoms with Crippen molar-refractivity contribution in [1.82, 2.24) is 10.3 Å². The number of aliphatic hydroxyl groups excluding tert-OH is 2. The van der Waals surface area contributed by atoms with Gasteiger partial charge in [0, 0.05) is 19.9 Å². The number of benzene rings is 1. The van der Waals surface area contributed by atoms with E-state index < -0.39 is 45.8 Å². The van der Waals surface area contributed by atoms with Crippen LogP contribution in [0.1, 0.15) is 50.1 Å². The second-order valence-corrected chi connectivity index (χ2v) is 10.7. The van der Waals surface area contributed by atoms with Crippen molar-refractivity contribution >= 4 is 32.4 Å². The summed E-state index contributed by atoms with van der Waals surface area (Å²) in [6.07, 6.45) is 1.00. The van der Waals surface area contributed by atoms with Gasteiger partial charge in [0.2, 0.25) is 10.0 Å². The molecule has 186 valence electrons. The third-order valence-corrected chi connectivity index (χ3v) is 7.30. The van der Waals surface area contributed by atoms with E-state index in [2.05, 4.69) is 10.3 Å². The fourth-order valence-corrected chi connectivity index (χ4v) is 4.72. The number of hydrogen-bond acceptors (Lipinski definition) is 7. The third kappa shape index (κ3) is 7.98. The summed E-state index contributed by atoms with van der Waals surface area (Å²) in [7, 11) is -2.27. The van der Waals surface area contributed by atoms with E-state index in [1.807, 2.05) is 6.92 Å². The molecule has 0 aliphatic carbocycles. The molecule has 2 rings (SSSR count). The Labute approximate surface area is 197 Å². The van der Waals surface area contributed by atoms with E-state index in [0.717, 1.165) is 46.9 Å². The summed E-state index contributed by atoms with van der Waals surface area (Å²) in [5.41, 5.74) is 0.0991. The number of carbonyl (C=O) groups excluding carboxylic acids is 1. The van der Waals surface area contributed by atoms with E-state index in [4.69, 9.17) is 0 Å². The molecule has 0 fully saturated rings. The molecule has 12 heteroatoms. The molecule has 1 aromatic carbocycles. The standard InChI is InChI=1S/C21H29F2N3O5S2.H2/c1-4-5-6-7-18(27)19(28)16(10-13-8-14(22)11-15(23)9-13)24-20(29)17-12-32-21(25-17)26(2)33(3,30)31;/h8-9,11-12,16,18-19,27-28H,4-7,10H2,1-3H3,(H,24,29);1H. The SMILES string of the molecule is CCCCCC(O)C(O)C(Cc1cc(F)cc(F)c1)NC(=O)c1csc(N(C)S(C)(=O)=O)n1.[HH]. The number of anilines is 1. The lowest BCUT2D eigenvalue weighted by molar-refractivity contribution is -0.00835. The highest BCUT2D eigenvalue weighted by molar-refractivity contribution is 7.92. The number of rotatable bonds is 12. The summed E-state index contributed by atoms with van der Waals surface area (Å²) in [4.78, 5) is 16.8. The summed E-state index contributed by atoms with van der Waals surface area (Å²) in [5, 5.41) is 25.1. The van der Waals surface area contributed by atoms with Crippen molar-refractivity contribution < 1.29 is 33.6 Å². The number of sulfonamides is 1. The molecule has 3 N–H and O–H groups in total. The van der Waals surface area contributed by atoms with E-state index >= 15 is 0 Å². The Balaban J connectivity index is 0.00000578. The van der Waals surface area contributed by atoms with Crippen LogP contribution in [0.15, 0.2) is 23.6 Å². The van der Waals surface area contributed by atoms with Crippen LogP contribution in [0.2, 0.25) is 0 Å². The summed E-state index contributed by atoms with van der Waals surface area (Å²) < 4.78 is 51.6. The van der Waals surface area contributed by atoms with E-state index in [9.17, 15) is 32.2 Å². The van der Waals surface area contributed by atoms with E-state index in [-0.39, 0.29) is 24.2 Å². The van der Waals surface area contributed by atoms with Gasteiger partial charge in [0.25, 0.3) is 5.91 Å². The van der Waals surface area contributed by atoms with Gasteiger partial charge < -0.3 is 15.5 Å². The van der Waals surface area contributed by atoms with Crippen molar-refractivity contribution in [3.8, 4) is 0 Å². The molecule has 1 aromatic heterocycles. The quantitative estimate of drug-likeness (QED) is 0.380. The highest BCUT2D eigenvalue weighted by Crippen LogP contribution is 2.22. The largest absolute Gasteiger partial charge is 0.390 e. The van der Waals surface area contributed by atoms with Crippen molar-refractivity contribution in [3.05, 3.63) is 46.5 Å². The Kier molecular flexibility index (Phi) is 9.70. The van der Waals surface area contributed by atoms with Gasteiger partial charge in [-0.15, -0.1) is 11.3 Å². The minimum absolute atomic E-state index is 0. The molecule has 0 bridgehead atoms. The zero-order valence-electron chi connectivity index (χ0n) is 18.7. The topological polar surface area (TPSA) is 120 Å². The Morgan fingerprint density at radius 1 is 1.24 bits per heavy atom. The van der Waals surface area contributed by atoms with Gasteiger partial charge in [-0.25, -0.2) is 26.5 Å². The van der Waals surface area contributed by atoms with Crippen LogP contribution >= 0.6 is 11.3 Å². The zero-order chi connectivity index (χ0) is 24.8. The van der Waals surface area contributed by atoms with Crippen molar-refractivity contribution in [1.29, 1.82) is 0 Å². The molecular weight excluding hydrogens is 476 g/mol. The fourth-order valence-electron chi connectivity index (χ4n) is 3.18. The lowest BCUT2D eigenvalue weighted by Gasteiger charge is -2.28. The van der Waals surface area contributed by atoms with E-state index in [1.54, 1.807) is 0 Å². The van der Waals surface area contributed by atoms with Gasteiger partial charge in [-0.3, -0.25) is 4.79 Å². The number of unbranched alkanes of at least 4 members (excludes halogenated alkanes) is 2. The van der Waals surface area contributed by atoms with Crippen LogP contribution in [-0.4, -0.2) is 61.1 Å². The molecule has 33 heavy (non-hydrogen) atoms. The molecule has 1 heterocycles. The van der Waals surface area contributed by atoms with Crippen LogP contribution in [0.3, 0.4) is 0 Å². The highest BCUT2D eigenvalue weighted by atomic mass is 32.2. The number of nitrogens with one attached hydrogen (secondary N) is 1. The van der Waals surface area contributed by atoms with Gasteiger partial charge in [-0.2, -0.15) is 0 Å². The maximum Gasteiger partial charge on any atom is 0.271 e. The first-order chi connectivity index (χ1) is 15.4. The van der Waals surface area contributed by atoms with Crippen molar-refractivity contribution in [2.45, 2.75) is 57.3 Å². The van der Waals surface area contributed by atoms with Crippen molar-refractivity contribution in [3.63, 3.8) is 0 Å². The average molecular weight is 508 g/mol. The first-order valence-electron chi connectivity index (χ1n) is 10.4. The van der Waals surface area contributed by atoms with Crippen LogP contribution in [-0.2, 0) is 16.4 Å². The fraction of sp³-hybridized carbons (Fsp3) is 0.524. The minimum Gasteiger partial charge on any atom is -0.390 e.